The molecule has 0 bridgehead atoms. The molecular formula is C26H21BrFN3O3. The maximum absolute atomic E-state index is 13.0. The highest BCUT2D eigenvalue weighted by Crippen LogP contribution is 2.27. The monoisotopic (exact) mass is 521 g/mol. The highest BCUT2D eigenvalue weighted by Gasteiger charge is 2.13. The third-order valence-corrected chi connectivity index (χ3v) is 5.59. The number of benzene rings is 3. The lowest BCUT2D eigenvalue weighted by molar-refractivity contribution is -0.118. The number of amides is 2. The topological polar surface area (TPSA) is 91.2 Å². The van der Waals surface area contributed by atoms with E-state index in [2.05, 4.69) is 26.6 Å². The standard InChI is InChI=1S/C26H21BrFN3O3/c1-16-4-3-5-23(17(16)2)31-26(33)19(14-29)12-18-6-11-24(22(27)13-18)34-15-25(32)30-21-9-7-20(28)8-10-21/h3-13H,15H2,1-2H3,(H,30,32)(H,31,33)/b19-12-. The molecule has 6 nitrogen and oxygen atoms in total. The Balaban J connectivity index is 1.65. The van der Waals surface area contributed by atoms with Crippen LogP contribution in [0.3, 0.4) is 0 Å². The summed E-state index contributed by atoms with van der Waals surface area (Å²) in [6.45, 7) is 3.59. The first-order chi connectivity index (χ1) is 16.3. The van der Waals surface area contributed by atoms with Crippen LogP contribution in [0.25, 0.3) is 6.08 Å². The Bertz CT molecular complexity index is 1300. The summed E-state index contributed by atoms with van der Waals surface area (Å²) in [7, 11) is 0. The first-order valence-corrected chi connectivity index (χ1v) is 11.0. The molecule has 0 aliphatic rings. The Hall–Kier alpha value is -3.96. The van der Waals surface area contributed by atoms with Crippen molar-refractivity contribution < 1.29 is 18.7 Å². The summed E-state index contributed by atoms with van der Waals surface area (Å²) >= 11 is 3.38. The van der Waals surface area contributed by atoms with E-state index in [1.807, 2.05) is 32.0 Å². The molecule has 172 valence electrons. The van der Waals surface area contributed by atoms with Gasteiger partial charge in [0, 0.05) is 11.4 Å². The van der Waals surface area contributed by atoms with Crippen LogP contribution in [-0.4, -0.2) is 18.4 Å². The van der Waals surface area contributed by atoms with Crippen LogP contribution in [0, 0.1) is 31.0 Å². The van der Waals surface area contributed by atoms with Crippen LogP contribution in [0.5, 0.6) is 5.75 Å². The Kier molecular flexibility index (Phi) is 8.17. The molecular weight excluding hydrogens is 501 g/mol. The predicted octanol–water partition coefficient (Wildman–Crippen LogP) is 5.77. The van der Waals surface area contributed by atoms with E-state index in [0.29, 0.717) is 27.2 Å². The van der Waals surface area contributed by atoms with Gasteiger partial charge >= 0.3 is 0 Å². The van der Waals surface area contributed by atoms with Gasteiger partial charge in [0.05, 0.1) is 4.47 Å². The van der Waals surface area contributed by atoms with Gasteiger partial charge < -0.3 is 15.4 Å². The zero-order valence-electron chi connectivity index (χ0n) is 18.5. The normalized spacial score (nSPS) is 10.9. The van der Waals surface area contributed by atoms with Crippen molar-refractivity contribution in [1.82, 2.24) is 0 Å². The van der Waals surface area contributed by atoms with Crippen molar-refractivity contribution in [1.29, 1.82) is 5.26 Å². The van der Waals surface area contributed by atoms with Gasteiger partial charge in [-0.05, 0) is 95.0 Å². The highest BCUT2D eigenvalue weighted by atomic mass is 79.9. The van der Waals surface area contributed by atoms with Gasteiger partial charge in [0.2, 0.25) is 0 Å². The van der Waals surface area contributed by atoms with Gasteiger partial charge in [-0.25, -0.2) is 4.39 Å². The van der Waals surface area contributed by atoms with E-state index in [0.717, 1.165) is 11.1 Å². The third-order valence-electron chi connectivity index (χ3n) is 4.97. The van der Waals surface area contributed by atoms with Crippen molar-refractivity contribution >= 4 is 45.2 Å². The summed E-state index contributed by atoms with van der Waals surface area (Å²) in [5, 5.41) is 14.9. The summed E-state index contributed by atoms with van der Waals surface area (Å²) in [6, 6.07) is 17.9. The van der Waals surface area contributed by atoms with Crippen LogP contribution in [0.15, 0.2) is 70.7 Å². The molecule has 0 radical (unpaired) electrons. The molecule has 0 saturated heterocycles. The first-order valence-electron chi connectivity index (χ1n) is 10.2. The molecule has 2 amide bonds. The molecule has 2 N–H and O–H groups in total. The van der Waals surface area contributed by atoms with Crippen LogP contribution in [0.1, 0.15) is 16.7 Å². The second kappa shape index (κ2) is 11.3. The van der Waals surface area contributed by atoms with Crippen molar-refractivity contribution in [3.63, 3.8) is 0 Å². The lowest BCUT2D eigenvalue weighted by Crippen LogP contribution is -2.20. The third kappa shape index (κ3) is 6.53. The second-order valence-electron chi connectivity index (χ2n) is 7.41. The zero-order chi connectivity index (χ0) is 24.7. The van der Waals surface area contributed by atoms with Crippen molar-refractivity contribution in [2.75, 3.05) is 17.2 Å². The second-order valence-corrected chi connectivity index (χ2v) is 8.26. The number of nitrogens with one attached hydrogen (secondary N) is 2. The number of carbonyl (C=O) groups excluding carboxylic acids is 2. The summed E-state index contributed by atoms with van der Waals surface area (Å²) in [4.78, 5) is 24.7. The molecule has 0 aliphatic carbocycles. The Labute approximate surface area is 205 Å². The van der Waals surface area contributed by atoms with Gasteiger partial charge in [-0.15, -0.1) is 0 Å². The largest absolute Gasteiger partial charge is 0.483 e. The molecule has 34 heavy (non-hydrogen) atoms. The number of hydrogen-bond donors (Lipinski definition) is 2. The lowest BCUT2D eigenvalue weighted by atomic mass is 10.1. The number of rotatable bonds is 7. The Morgan fingerprint density at radius 1 is 1.09 bits per heavy atom. The zero-order valence-corrected chi connectivity index (χ0v) is 20.1. The van der Waals surface area contributed by atoms with Crippen LogP contribution in [0.2, 0.25) is 0 Å². The summed E-state index contributed by atoms with van der Waals surface area (Å²) in [6.07, 6.45) is 1.47. The van der Waals surface area contributed by atoms with E-state index in [9.17, 15) is 19.2 Å². The number of aryl methyl sites for hydroxylation is 1. The van der Waals surface area contributed by atoms with Crippen molar-refractivity contribution in [2.24, 2.45) is 0 Å². The van der Waals surface area contributed by atoms with E-state index in [-0.39, 0.29) is 12.2 Å². The Morgan fingerprint density at radius 2 is 1.82 bits per heavy atom. The maximum atomic E-state index is 13.0. The van der Waals surface area contributed by atoms with E-state index in [4.69, 9.17) is 4.74 Å². The maximum Gasteiger partial charge on any atom is 0.266 e. The number of carbonyl (C=O) groups is 2. The van der Waals surface area contributed by atoms with Crippen molar-refractivity contribution in [3.8, 4) is 11.8 Å². The number of nitriles is 1. The summed E-state index contributed by atoms with van der Waals surface area (Å²) in [5.41, 5.74) is 3.61. The van der Waals surface area contributed by atoms with Gasteiger partial charge in [-0.3, -0.25) is 9.59 Å². The van der Waals surface area contributed by atoms with Crippen LogP contribution in [0.4, 0.5) is 15.8 Å². The molecule has 0 fully saturated rings. The molecule has 8 heteroatoms. The molecule has 0 aromatic heterocycles. The van der Waals surface area contributed by atoms with Gasteiger partial charge in [-0.1, -0.05) is 18.2 Å². The minimum atomic E-state index is -0.509. The molecule has 0 heterocycles. The molecule has 3 rings (SSSR count). The fraction of sp³-hybridized carbons (Fsp3) is 0.115. The minimum Gasteiger partial charge on any atom is -0.483 e. The van der Waals surface area contributed by atoms with Gasteiger partial charge in [0.15, 0.2) is 6.61 Å². The fourth-order valence-corrected chi connectivity index (χ4v) is 3.50. The van der Waals surface area contributed by atoms with E-state index in [1.54, 1.807) is 24.3 Å². The minimum absolute atomic E-state index is 0.0554. The first kappa shape index (κ1) is 24.7. The molecule has 3 aromatic carbocycles. The number of ether oxygens (including phenoxy) is 1. The van der Waals surface area contributed by atoms with Crippen LogP contribution < -0.4 is 15.4 Å². The smallest absolute Gasteiger partial charge is 0.266 e. The van der Waals surface area contributed by atoms with Crippen LogP contribution in [-0.2, 0) is 9.59 Å². The molecule has 0 aliphatic heterocycles. The molecule has 0 spiro atoms. The van der Waals surface area contributed by atoms with E-state index >= 15 is 0 Å². The SMILES string of the molecule is Cc1cccc(NC(=O)/C(C#N)=C\c2ccc(OCC(=O)Nc3ccc(F)cc3)c(Br)c2)c1C. The molecule has 3 aromatic rings. The number of halogens is 2. The van der Waals surface area contributed by atoms with E-state index < -0.39 is 17.6 Å². The van der Waals surface area contributed by atoms with Crippen molar-refractivity contribution in [3.05, 3.63) is 93.2 Å². The van der Waals surface area contributed by atoms with Gasteiger partial charge in [0.25, 0.3) is 11.8 Å². The average molecular weight is 522 g/mol. The Morgan fingerprint density at radius 3 is 2.50 bits per heavy atom. The summed E-state index contributed by atoms with van der Waals surface area (Å²) < 4.78 is 19.0. The number of anilines is 2. The van der Waals surface area contributed by atoms with Gasteiger partial charge in [0.1, 0.15) is 23.2 Å². The summed E-state index contributed by atoms with van der Waals surface area (Å²) in [5.74, 6) is -0.901. The predicted molar refractivity (Wildman–Crippen MR) is 133 cm³/mol. The lowest BCUT2D eigenvalue weighted by Gasteiger charge is -2.11. The quantitative estimate of drug-likeness (QED) is 0.305. The highest BCUT2D eigenvalue weighted by molar-refractivity contribution is 9.10. The fourth-order valence-electron chi connectivity index (χ4n) is 2.99. The molecule has 0 unspecified atom stereocenters. The molecule has 0 atom stereocenters. The van der Waals surface area contributed by atoms with Crippen molar-refractivity contribution in [2.45, 2.75) is 13.8 Å². The van der Waals surface area contributed by atoms with Crippen LogP contribution >= 0.6 is 15.9 Å². The van der Waals surface area contributed by atoms with E-state index in [1.165, 1.54) is 30.3 Å². The van der Waals surface area contributed by atoms with Gasteiger partial charge in [-0.2, -0.15) is 5.26 Å². The average Bonchev–Trinajstić information content (AvgIpc) is 2.81. The molecule has 0 saturated carbocycles. The number of hydrogen-bond acceptors (Lipinski definition) is 4. The number of nitrogens with zero attached hydrogens (tertiary/aromatic N) is 1.